The van der Waals surface area contributed by atoms with Gasteiger partial charge in [0.2, 0.25) is 5.91 Å². The van der Waals surface area contributed by atoms with E-state index in [1.165, 1.54) is 0 Å². The zero-order valence-electron chi connectivity index (χ0n) is 19.7. The molecule has 2 heterocycles. The van der Waals surface area contributed by atoms with Crippen molar-refractivity contribution in [2.45, 2.75) is 65.1 Å². The number of carbonyl (C=O) groups excluding carboxylic acids is 2. The van der Waals surface area contributed by atoms with Crippen LogP contribution in [0.15, 0.2) is 41.9 Å². The Bertz CT molecular complexity index is 951. The molecule has 4 rings (SSSR count). The van der Waals surface area contributed by atoms with E-state index in [4.69, 9.17) is 0 Å². The van der Waals surface area contributed by atoms with Crippen LogP contribution in [0, 0.1) is 29.1 Å². The average Bonchev–Trinajstić information content (AvgIpc) is 3.33. The van der Waals surface area contributed by atoms with Crippen LogP contribution in [0.1, 0.15) is 61.8 Å². The fourth-order valence-corrected chi connectivity index (χ4v) is 6.82. The highest BCUT2D eigenvalue weighted by molar-refractivity contribution is 7.09. The van der Waals surface area contributed by atoms with Gasteiger partial charge in [-0.2, -0.15) is 0 Å². The van der Waals surface area contributed by atoms with Gasteiger partial charge in [-0.05, 0) is 72.4 Å². The smallest absolute Gasteiger partial charge is 0.270 e. The maximum Gasteiger partial charge on any atom is 0.270 e. The third kappa shape index (κ3) is 4.99. The number of nitrogens with zero attached hydrogens (tertiary/aromatic N) is 1. The van der Waals surface area contributed by atoms with Crippen LogP contribution in [0.25, 0.3) is 0 Å². The molecule has 0 radical (unpaired) electrons. The summed E-state index contributed by atoms with van der Waals surface area (Å²) in [4.78, 5) is 30.9. The minimum Gasteiger partial charge on any atom is -0.392 e. The van der Waals surface area contributed by atoms with Crippen molar-refractivity contribution < 1.29 is 14.7 Å². The molecule has 2 aliphatic rings. The number of pyridine rings is 1. The summed E-state index contributed by atoms with van der Waals surface area (Å²) in [5.74, 6) is -0.375. The van der Waals surface area contributed by atoms with Gasteiger partial charge in [0.05, 0.1) is 12.6 Å². The summed E-state index contributed by atoms with van der Waals surface area (Å²) in [6.07, 6.45) is 4.73. The standard InChI is InChI=1S/C26H35N3O3S/c1-16(24(31)28-15-18-7-6-14-33-18)19-9-11-26(3)12-10-20(17(2)22(26)23(19)30)29-25(32)21-8-4-5-13-27-21/h4-8,13-14,16-17,19-20,22-23,30H,9-12,15H2,1-3H3,(H,28,31)(H,29,32)/t16-,17+,19?,20-,22+,23-,26-/m0/s1. The topological polar surface area (TPSA) is 91.3 Å². The Balaban J connectivity index is 1.43. The van der Waals surface area contributed by atoms with E-state index >= 15 is 0 Å². The van der Waals surface area contributed by atoms with Crippen LogP contribution < -0.4 is 10.6 Å². The Kier molecular flexibility index (Phi) is 7.19. The third-order valence-corrected chi connectivity index (χ3v) is 9.05. The van der Waals surface area contributed by atoms with Crippen LogP contribution in [0.3, 0.4) is 0 Å². The van der Waals surface area contributed by atoms with Crippen LogP contribution in [0.2, 0.25) is 0 Å². The first-order valence-electron chi connectivity index (χ1n) is 12.0. The molecule has 0 bridgehead atoms. The molecule has 6 nitrogen and oxygen atoms in total. The quantitative estimate of drug-likeness (QED) is 0.596. The summed E-state index contributed by atoms with van der Waals surface area (Å²) in [7, 11) is 0. The number of aliphatic hydroxyl groups excluding tert-OH is 1. The third-order valence-electron chi connectivity index (χ3n) is 8.17. The summed E-state index contributed by atoms with van der Waals surface area (Å²) in [5.41, 5.74) is 0.436. The number of carbonyl (C=O) groups is 2. The predicted molar refractivity (Wildman–Crippen MR) is 130 cm³/mol. The van der Waals surface area contributed by atoms with Gasteiger partial charge in [-0.15, -0.1) is 11.3 Å². The first-order valence-corrected chi connectivity index (χ1v) is 12.9. The molecule has 7 heteroatoms. The number of hydrogen-bond acceptors (Lipinski definition) is 5. The van der Waals surface area contributed by atoms with Crippen molar-refractivity contribution >= 4 is 23.2 Å². The van der Waals surface area contributed by atoms with E-state index in [-0.39, 0.29) is 46.9 Å². The van der Waals surface area contributed by atoms with E-state index in [2.05, 4.69) is 29.5 Å². The highest BCUT2D eigenvalue weighted by Gasteiger charge is 2.53. The number of rotatable bonds is 6. The van der Waals surface area contributed by atoms with E-state index < -0.39 is 6.10 Å². The van der Waals surface area contributed by atoms with E-state index in [0.29, 0.717) is 12.2 Å². The molecule has 2 saturated carbocycles. The fraction of sp³-hybridized carbons (Fsp3) is 0.577. The van der Waals surface area contributed by atoms with Gasteiger partial charge in [-0.25, -0.2) is 0 Å². The Morgan fingerprint density at radius 2 is 2.03 bits per heavy atom. The summed E-state index contributed by atoms with van der Waals surface area (Å²) < 4.78 is 0. The maximum absolute atomic E-state index is 12.9. The van der Waals surface area contributed by atoms with Gasteiger partial charge < -0.3 is 15.7 Å². The Labute approximate surface area is 200 Å². The Morgan fingerprint density at radius 1 is 1.24 bits per heavy atom. The maximum atomic E-state index is 12.9. The van der Waals surface area contributed by atoms with Crippen LogP contribution in [-0.4, -0.2) is 34.1 Å². The molecule has 2 fully saturated rings. The van der Waals surface area contributed by atoms with Gasteiger partial charge >= 0.3 is 0 Å². The van der Waals surface area contributed by atoms with Gasteiger partial charge in [-0.1, -0.05) is 32.9 Å². The van der Waals surface area contributed by atoms with Crippen molar-refractivity contribution in [2.75, 3.05) is 0 Å². The number of aromatic nitrogens is 1. The monoisotopic (exact) mass is 469 g/mol. The first kappa shape index (κ1) is 23.9. The Morgan fingerprint density at radius 3 is 2.73 bits per heavy atom. The molecular weight excluding hydrogens is 434 g/mol. The molecule has 1 unspecified atom stereocenters. The van der Waals surface area contributed by atoms with Gasteiger partial charge in [0.15, 0.2) is 0 Å². The molecule has 178 valence electrons. The lowest BCUT2D eigenvalue weighted by Crippen LogP contribution is -2.58. The summed E-state index contributed by atoms with van der Waals surface area (Å²) in [6.45, 7) is 6.88. The highest BCUT2D eigenvalue weighted by atomic mass is 32.1. The van der Waals surface area contributed by atoms with E-state index in [1.807, 2.05) is 30.5 Å². The van der Waals surface area contributed by atoms with Crippen LogP contribution in [-0.2, 0) is 11.3 Å². The lowest BCUT2D eigenvalue weighted by atomic mass is 9.51. The van der Waals surface area contributed by atoms with Crippen molar-refractivity contribution in [1.82, 2.24) is 15.6 Å². The first-order chi connectivity index (χ1) is 15.8. The molecule has 0 aromatic carbocycles. The molecule has 33 heavy (non-hydrogen) atoms. The number of amides is 2. The van der Waals surface area contributed by atoms with Gasteiger partial charge in [-0.3, -0.25) is 14.6 Å². The molecule has 3 N–H and O–H groups in total. The number of thiophene rings is 1. The SMILES string of the molecule is C[C@H]1[C@@H]2[C@@H](O)C([C@H](C)C(=O)NCc3cccs3)CC[C@@]2(C)CC[C@@H]1NC(=O)c1ccccn1. The van der Waals surface area contributed by atoms with E-state index in [0.717, 1.165) is 30.6 Å². The van der Waals surface area contributed by atoms with Crippen molar-refractivity contribution in [3.8, 4) is 0 Å². The summed E-state index contributed by atoms with van der Waals surface area (Å²) in [5, 5.41) is 19.8. The zero-order valence-corrected chi connectivity index (χ0v) is 20.5. The van der Waals surface area contributed by atoms with Crippen LogP contribution >= 0.6 is 11.3 Å². The second kappa shape index (κ2) is 9.94. The second-order valence-electron chi connectivity index (χ2n) is 10.2. The van der Waals surface area contributed by atoms with Crippen molar-refractivity contribution in [1.29, 1.82) is 0 Å². The largest absolute Gasteiger partial charge is 0.392 e. The van der Waals surface area contributed by atoms with Crippen molar-refractivity contribution in [2.24, 2.45) is 29.1 Å². The number of nitrogens with one attached hydrogen (secondary N) is 2. The molecule has 2 aliphatic carbocycles. The molecule has 7 atom stereocenters. The molecule has 2 amide bonds. The number of aliphatic hydroxyl groups is 1. The van der Waals surface area contributed by atoms with Crippen molar-refractivity contribution in [3.63, 3.8) is 0 Å². The Hall–Kier alpha value is -2.25. The molecule has 0 aliphatic heterocycles. The molecule has 2 aromatic heterocycles. The molecule has 2 aromatic rings. The van der Waals surface area contributed by atoms with E-state index in [9.17, 15) is 14.7 Å². The lowest BCUT2D eigenvalue weighted by Gasteiger charge is -2.56. The normalized spacial score (nSPS) is 32.4. The number of hydrogen-bond donors (Lipinski definition) is 3. The van der Waals surface area contributed by atoms with Crippen LogP contribution in [0.4, 0.5) is 0 Å². The highest BCUT2D eigenvalue weighted by Crippen LogP contribution is 2.55. The summed E-state index contributed by atoms with van der Waals surface area (Å²) >= 11 is 1.63. The summed E-state index contributed by atoms with van der Waals surface area (Å²) in [6, 6.07) is 9.29. The van der Waals surface area contributed by atoms with Crippen molar-refractivity contribution in [3.05, 3.63) is 52.5 Å². The van der Waals surface area contributed by atoms with Gasteiger partial charge in [0.1, 0.15) is 5.69 Å². The predicted octanol–water partition coefficient (Wildman–Crippen LogP) is 4.02. The molecule has 0 saturated heterocycles. The zero-order chi connectivity index (χ0) is 23.6. The molecular formula is C26H35N3O3S. The van der Waals surface area contributed by atoms with Gasteiger partial charge in [0, 0.05) is 23.0 Å². The van der Waals surface area contributed by atoms with E-state index in [1.54, 1.807) is 29.7 Å². The van der Waals surface area contributed by atoms with Crippen LogP contribution in [0.5, 0.6) is 0 Å². The van der Waals surface area contributed by atoms with Gasteiger partial charge in [0.25, 0.3) is 5.91 Å². The minimum atomic E-state index is -0.573. The second-order valence-corrected chi connectivity index (χ2v) is 11.2. The average molecular weight is 470 g/mol. The minimum absolute atomic E-state index is 0.000444. The fourth-order valence-electron chi connectivity index (χ4n) is 6.18. The lowest BCUT2D eigenvalue weighted by molar-refractivity contribution is -0.142. The number of fused-ring (bicyclic) bond motifs is 1. The molecule has 0 spiro atoms.